The molecular weight excluding hydrogens is 394 g/mol. The topological polar surface area (TPSA) is 82.1 Å². The molecule has 1 heterocycles. The Balaban J connectivity index is 1.60. The number of hydrogen-bond acceptors (Lipinski definition) is 6. The molecule has 0 N–H and O–H groups in total. The number of nitro benzene ring substituents is 1. The molecule has 24 heavy (non-hydrogen) atoms. The maximum Gasteiger partial charge on any atom is 0.269 e. The quantitative estimate of drug-likeness (QED) is 0.430. The van der Waals surface area contributed by atoms with Crippen LogP contribution in [0.4, 0.5) is 5.69 Å². The van der Waals surface area contributed by atoms with Crippen molar-refractivity contribution in [2.75, 3.05) is 0 Å². The number of benzene rings is 2. The van der Waals surface area contributed by atoms with Gasteiger partial charge in [-0.1, -0.05) is 45.4 Å². The Morgan fingerprint density at radius 1 is 1.17 bits per heavy atom. The molecule has 0 atom stereocenters. The number of thioether (sulfide) groups is 1. The van der Waals surface area contributed by atoms with Crippen molar-refractivity contribution in [1.82, 2.24) is 10.1 Å². The van der Waals surface area contributed by atoms with Crippen molar-refractivity contribution >= 4 is 33.4 Å². The summed E-state index contributed by atoms with van der Waals surface area (Å²) in [6.45, 7) is 0. The highest BCUT2D eigenvalue weighted by atomic mass is 79.9. The van der Waals surface area contributed by atoms with Crippen LogP contribution in [-0.2, 0) is 11.5 Å². The first-order valence-electron chi connectivity index (χ1n) is 7.01. The second-order valence-corrected chi connectivity index (χ2v) is 6.84. The van der Waals surface area contributed by atoms with Crippen molar-refractivity contribution in [1.29, 1.82) is 0 Å². The molecule has 0 saturated heterocycles. The predicted molar refractivity (Wildman–Crippen MR) is 95.5 cm³/mol. The van der Waals surface area contributed by atoms with Crippen LogP contribution in [0, 0.1) is 10.1 Å². The monoisotopic (exact) mass is 405 g/mol. The molecule has 0 bridgehead atoms. The minimum atomic E-state index is -0.392. The van der Waals surface area contributed by atoms with Crippen LogP contribution >= 0.6 is 27.7 Å². The van der Waals surface area contributed by atoms with Gasteiger partial charge in [0, 0.05) is 27.9 Å². The van der Waals surface area contributed by atoms with Crippen LogP contribution in [0.25, 0.3) is 11.4 Å². The van der Waals surface area contributed by atoms with Crippen LogP contribution in [-0.4, -0.2) is 15.1 Å². The fourth-order valence-electron chi connectivity index (χ4n) is 2.07. The summed E-state index contributed by atoms with van der Waals surface area (Å²) in [6.07, 6.45) is 0. The lowest BCUT2D eigenvalue weighted by Gasteiger charge is -1.99. The van der Waals surface area contributed by atoms with Crippen LogP contribution < -0.4 is 0 Å². The Morgan fingerprint density at radius 2 is 2.00 bits per heavy atom. The number of halogens is 1. The molecule has 0 fully saturated rings. The van der Waals surface area contributed by atoms with E-state index in [-0.39, 0.29) is 5.69 Å². The molecule has 122 valence electrons. The zero-order valence-electron chi connectivity index (χ0n) is 12.4. The number of rotatable bonds is 6. The van der Waals surface area contributed by atoms with E-state index < -0.39 is 4.92 Å². The van der Waals surface area contributed by atoms with E-state index in [1.807, 2.05) is 30.3 Å². The summed E-state index contributed by atoms with van der Waals surface area (Å²) in [6, 6.07) is 14.3. The summed E-state index contributed by atoms with van der Waals surface area (Å²) in [5.41, 5.74) is 1.87. The Kier molecular flexibility index (Phi) is 5.27. The highest BCUT2D eigenvalue weighted by Crippen LogP contribution is 2.23. The first-order valence-corrected chi connectivity index (χ1v) is 8.96. The minimum Gasteiger partial charge on any atom is -0.338 e. The summed E-state index contributed by atoms with van der Waals surface area (Å²) in [5.74, 6) is 2.25. The zero-order valence-corrected chi connectivity index (χ0v) is 14.8. The van der Waals surface area contributed by atoms with Crippen LogP contribution in [0.1, 0.15) is 11.5 Å². The van der Waals surface area contributed by atoms with Crippen molar-refractivity contribution in [2.24, 2.45) is 0 Å². The molecule has 0 aliphatic rings. The summed E-state index contributed by atoms with van der Waals surface area (Å²) >= 11 is 4.98. The highest BCUT2D eigenvalue weighted by Gasteiger charge is 2.10. The summed E-state index contributed by atoms with van der Waals surface area (Å²) in [4.78, 5) is 14.8. The SMILES string of the molecule is O=[N+]([O-])c1cccc(CSCc2nc(-c3cccc(Br)c3)no2)c1. The summed E-state index contributed by atoms with van der Waals surface area (Å²) in [5, 5.41) is 14.8. The van der Waals surface area contributed by atoms with E-state index in [0.29, 0.717) is 23.2 Å². The van der Waals surface area contributed by atoms with Gasteiger partial charge in [-0.2, -0.15) is 4.98 Å². The van der Waals surface area contributed by atoms with E-state index in [9.17, 15) is 10.1 Å². The Morgan fingerprint density at radius 3 is 2.79 bits per heavy atom. The molecule has 0 aliphatic carbocycles. The van der Waals surface area contributed by atoms with Gasteiger partial charge in [-0.3, -0.25) is 10.1 Å². The van der Waals surface area contributed by atoms with Gasteiger partial charge < -0.3 is 4.52 Å². The second kappa shape index (κ2) is 7.59. The molecule has 6 nitrogen and oxygen atoms in total. The molecule has 0 radical (unpaired) electrons. The molecule has 0 spiro atoms. The Hall–Kier alpha value is -2.19. The number of aromatic nitrogens is 2. The fraction of sp³-hybridized carbons (Fsp3) is 0.125. The van der Waals surface area contributed by atoms with Crippen molar-refractivity contribution in [3.05, 3.63) is 74.6 Å². The van der Waals surface area contributed by atoms with Gasteiger partial charge in [0.2, 0.25) is 11.7 Å². The largest absolute Gasteiger partial charge is 0.338 e. The van der Waals surface area contributed by atoms with Crippen molar-refractivity contribution in [3.63, 3.8) is 0 Å². The number of nitrogens with zero attached hydrogens (tertiary/aromatic N) is 3. The van der Waals surface area contributed by atoms with Gasteiger partial charge in [-0.25, -0.2) is 0 Å². The average Bonchev–Trinajstić information content (AvgIpc) is 3.04. The van der Waals surface area contributed by atoms with Gasteiger partial charge in [0.1, 0.15) is 0 Å². The second-order valence-electron chi connectivity index (χ2n) is 4.94. The lowest BCUT2D eigenvalue weighted by Crippen LogP contribution is -1.90. The van der Waals surface area contributed by atoms with Crippen molar-refractivity contribution in [3.8, 4) is 11.4 Å². The van der Waals surface area contributed by atoms with E-state index >= 15 is 0 Å². The molecule has 1 aromatic heterocycles. The molecule has 0 unspecified atom stereocenters. The van der Waals surface area contributed by atoms with Crippen molar-refractivity contribution < 1.29 is 9.45 Å². The summed E-state index contributed by atoms with van der Waals surface area (Å²) in [7, 11) is 0. The average molecular weight is 406 g/mol. The zero-order chi connectivity index (χ0) is 16.9. The van der Waals surface area contributed by atoms with Crippen LogP contribution in [0.3, 0.4) is 0 Å². The Labute approximate surface area is 150 Å². The molecule has 3 aromatic rings. The first kappa shape index (κ1) is 16.7. The molecule has 8 heteroatoms. The highest BCUT2D eigenvalue weighted by molar-refractivity contribution is 9.10. The number of non-ortho nitro benzene ring substituents is 1. The first-order chi connectivity index (χ1) is 11.6. The maximum absolute atomic E-state index is 10.8. The third-order valence-electron chi connectivity index (χ3n) is 3.17. The van der Waals surface area contributed by atoms with E-state index in [2.05, 4.69) is 26.1 Å². The van der Waals surface area contributed by atoms with E-state index in [1.165, 1.54) is 6.07 Å². The third kappa shape index (κ3) is 4.21. The van der Waals surface area contributed by atoms with Gasteiger partial charge in [0.25, 0.3) is 5.69 Å². The third-order valence-corrected chi connectivity index (χ3v) is 4.65. The fourth-order valence-corrected chi connectivity index (χ4v) is 3.28. The number of hydrogen-bond donors (Lipinski definition) is 0. The summed E-state index contributed by atoms with van der Waals surface area (Å²) < 4.78 is 6.20. The molecule has 3 rings (SSSR count). The predicted octanol–water partition coefficient (Wildman–Crippen LogP) is 4.84. The molecule has 2 aromatic carbocycles. The number of nitro groups is 1. The normalized spacial score (nSPS) is 10.7. The Bertz CT molecular complexity index is 869. The molecular formula is C16H12BrN3O3S. The minimum absolute atomic E-state index is 0.0998. The molecule has 0 amide bonds. The van der Waals surface area contributed by atoms with Gasteiger partial charge in [-0.15, -0.1) is 11.8 Å². The van der Waals surface area contributed by atoms with E-state index in [0.717, 1.165) is 15.6 Å². The van der Waals surface area contributed by atoms with Crippen LogP contribution in [0.15, 0.2) is 57.5 Å². The molecule has 0 saturated carbocycles. The lowest BCUT2D eigenvalue weighted by molar-refractivity contribution is -0.384. The van der Waals surface area contributed by atoms with Crippen LogP contribution in [0.5, 0.6) is 0 Å². The van der Waals surface area contributed by atoms with E-state index in [1.54, 1.807) is 23.9 Å². The smallest absolute Gasteiger partial charge is 0.269 e. The van der Waals surface area contributed by atoms with E-state index in [4.69, 9.17) is 4.52 Å². The van der Waals surface area contributed by atoms with Crippen LogP contribution in [0.2, 0.25) is 0 Å². The maximum atomic E-state index is 10.8. The van der Waals surface area contributed by atoms with Gasteiger partial charge >= 0.3 is 0 Å². The standard InChI is InChI=1S/C16H12BrN3O3S/c17-13-5-2-4-12(8-13)16-18-15(23-19-16)10-24-9-11-3-1-6-14(7-11)20(21)22/h1-8H,9-10H2. The van der Waals surface area contributed by atoms with Crippen molar-refractivity contribution in [2.45, 2.75) is 11.5 Å². The van der Waals surface area contributed by atoms with Gasteiger partial charge in [-0.05, 0) is 17.7 Å². The van der Waals surface area contributed by atoms with Gasteiger partial charge in [0.05, 0.1) is 10.7 Å². The molecule has 0 aliphatic heterocycles. The van der Waals surface area contributed by atoms with Gasteiger partial charge in [0.15, 0.2) is 0 Å². The lowest BCUT2D eigenvalue weighted by atomic mass is 10.2.